The summed E-state index contributed by atoms with van der Waals surface area (Å²) in [7, 11) is 4.03. The summed E-state index contributed by atoms with van der Waals surface area (Å²) in [5.74, 6) is -0.383. The first-order valence-electron chi connectivity index (χ1n) is 10.8. The average molecular weight is 487 g/mol. The van der Waals surface area contributed by atoms with Gasteiger partial charge in [0, 0.05) is 26.7 Å². The summed E-state index contributed by atoms with van der Waals surface area (Å²) in [6, 6.07) is 10.5. The molecule has 0 spiro atoms. The molecule has 0 bridgehead atoms. The topological polar surface area (TPSA) is 129 Å². The molecule has 2 rings (SSSR count). The van der Waals surface area contributed by atoms with E-state index in [1.54, 1.807) is 42.5 Å². The summed E-state index contributed by atoms with van der Waals surface area (Å²) >= 11 is 0. The van der Waals surface area contributed by atoms with E-state index in [9.17, 15) is 19.2 Å². The third-order valence-electron chi connectivity index (χ3n) is 4.99. The third-order valence-corrected chi connectivity index (χ3v) is 4.99. The number of hydrogen-bond donors (Lipinski definition) is 2. The van der Waals surface area contributed by atoms with E-state index in [1.165, 1.54) is 35.2 Å². The molecule has 2 aromatic rings. The zero-order chi connectivity index (χ0) is 26.0. The Hall–Kier alpha value is -4.08. The van der Waals surface area contributed by atoms with Crippen LogP contribution in [-0.2, 0) is 41.5 Å². The van der Waals surface area contributed by atoms with Crippen LogP contribution >= 0.6 is 0 Å². The second-order valence-corrected chi connectivity index (χ2v) is 7.69. The Kier molecular flexibility index (Phi) is 10.1. The van der Waals surface area contributed by atoms with Crippen LogP contribution in [0.15, 0.2) is 42.5 Å². The lowest BCUT2D eigenvalue weighted by molar-refractivity contribution is -0.145. The Morgan fingerprint density at radius 1 is 0.714 bits per heavy atom. The lowest BCUT2D eigenvalue weighted by atomic mass is 10.0. The Labute approximate surface area is 203 Å². The fraction of sp³-hybridized carbons (Fsp3) is 0.360. The van der Waals surface area contributed by atoms with Crippen molar-refractivity contribution < 1.29 is 38.1 Å². The highest BCUT2D eigenvalue weighted by atomic mass is 16.5. The van der Waals surface area contributed by atoms with E-state index >= 15 is 0 Å². The summed E-state index contributed by atoms with van der Waals surface area (Å²) < 4.78 is 20.9. The molecule has 2 amide bonds. The van der Waals surface area contributed by atoms with Crippen LogP contribution in [0.2, 0.25) is 0 Å². The molecule has 0 saturated heterocycles. The number of nitrogens with one attached hydrogen (secondary N) is 2. The van der Waals surface area contributed by atoms with E-state index < -0.39 is 24.0 Å². The van der Waals surface area contributed by atoms with Crippen molar-refractivity contribution in [2.75, 3.05) is 21.3 Å². The van der Waals surface area contributed by atoms with Gasteiger partial charge in [-0.1, -0.05) is 18.2 Å². The molecular weight excluding hydrogens is 456 g/mol. The van der Waals surface area contributed by atoms with Gasteiger partial charge in [-0.25, -0.2) is 9.59 Å². The molecule has 0 saturated carbocycles. The normalized spacial score (nSPS) is 12.0. The minimum absolute atomic E-state index is 0.198. The van der Waals surface area contributed by atoms with Gasteiger partial charge < -0.3 is 29.6 Å². The van der Waals surface area contributed by atoms with Crippen molar-refractivity contribution in [2.45, 2.75) is 38.8 Å². The summed E-state index contributed by atoms with van der Waals surface area (Å²) in [4.78, 5) is 46.8. The van der Waals surface area contributed by atoms with Crippen LogP contribution in [0.3, 0.4) is 0 Å². The van der Waals surface area contributed by atoms with E-state index in [1.807, 2.05) is 0 Å². The molecule has 10 heteroatoms. The monoisotopic (exact) mass is 486 g/mol. The molecule has 10 nitrogen and oxygen atoms in total. The molecule has 35 heavy (non-hydrogen) atoms. The van der Waals surface area contributed by atoms with Crippen LogP contribution in [0.5, 0.6) is 17.2 Å². The predicted octanol–water partition coefficient (Wildman–Crippen LogP) is 1.93. The number of hydrogen-bond acceptors (Lipinski definition) is 8. The van der Waals surface area contributed by atoms with E-state index in [4.69, 9.17) is 18.9 Å². The van der Waals surface area contributed by atoms with E-state index in [2.05, 4.69) is 10.6 Å². The number of rotatable bonds is 11. The predicted molar refractivity (Wildman–Crippen MR) is 126 cm³/mol. The highest BCUT2D eigenvalue weighted by molar-refractivity contribution is 5.84. The summed E-state index contributed by atoms with van der Waals surface area (Å²) in [6.07, 6.45) is 0.451. The van der Waals surface area contributed by atoms with Gasteiger partial charge in [0.25, 0.3) is 0 Å². The minimum atomic E-state index is -0.843. The SMILES string of the molecule is COC(=O)[C@H](Cc1ccc(Oc2cc(C[C@H](NC(C)=O)C(=O)OC)ccc2OC)cc1)NC(C)=O. The van der Waals surface area contributed by atoms with E-state index in [-0.39, 0.29) is 24.7 Å². The van der Waals surface area contributed by atoms with Crippen molar-refractivity contribution in [3.05, 3.63) is 53.6 Å². The van der Waals surface area contributed by atoms with Gasteiger partial charge in [-0.2, -0.15) is 0 Å². The first-order chi connectivity index (χ1) is 16.7. The Morgan fingerprint density at radius 2 is 1.20 bits per heavy atom. The average Bonchev–Trinajstić information content (AvgIpc) is 2.83. The van der Waals surface area contributed by atoms with Crippen LogP contribution in [0, 0.1) is 0 Å². The number of benzene rings is 2. The molecular formula is C25H30N2O8. The van der Waals surface area contributed by atoms with Crippen LogP contribution in [0.4, 0.5) is 0 Å². The fourth-order valence-corrected chi connectivity index (χ4v) is 3.38. The zero-order valence-electron chi connectivity index (χ0n) is 20.4. The summed E-state index contributed by atoms with van der Waals surface area (Å²) in [5, 5.41) is 5.15. The Balaban J connectivity index is 2.19. The maximum absolute atomic E-state index is 12.0. The molecule has 2 aromatic carbocycles. The standard InChI is InChI=1S/C25H30N2O8/c1-15(28)26-20(24(30)33-4)12-17-6-9-19(10-7-17)35-23-14-18(8-11-22(23)32-3)13-21(25(31)34-5)27-16(2)29/h6-11,14,20-21H,12-13H2,1-5H3,(H,26,28)(H,27,29)/t20-,21-/m0/s1. The van der Waals surface area contributed by atoms with Crippen LogP contribution in [-0.4, -0.2) is 57.2 Å². The number of methoxy groups -OCH3 is 3. The first-order valence-corrected chi connectivity index (χ1v) is 10.8. The van der Waals surface area contributed by atoms with Crippen molar-refractivity contribution in [3.8, 4) is 17.2 Å². The van der Waals surface area contributed by atoms with Crippen molar-refractivity contribution in [2.24, 2.45) is 0 Å². The number of carbonyl (C=O) groups is 4. The Bertz CT molecular complexity index is 1050. The van der Waals surface area contributed by atoms with Gasteiger partial charge in [-0.3, -0.25) is 9.59 Å². The van der Waals surface area contributed by atoms with E-state index in [0.29, 0.717) is 17.2 Å². The second-order valence-electron chi connectivity index (χ2n) is 7.69. The number of amides is 2. The molecule has 2 atom stereocenters. The molecule has 0 aliphatic rings. The maximum atomic E-state index is 12.0. The molecule has 0 aliphatic heterocycles. The summed E-state index contributed by atoms with van der Waals surface area (Å²) in [6.45, 7) is 2.66. The highest BCUT2D eigenvalue weighted by Gasteiger charge is 2.22. The maximum Gasteiger partial charge on any atom is 0.328 e. The quantitative estimate of drug-likeness (QED) is 0.461. The molecule has 0 heterocycles. The van der Waals surface area contributed by atoms with Crippen LogP contribution < -0.4 is 20.1 Å². The van der Waals surface area contributed by atoms with Crippen LogP contribution in [0.25, 0.3) is 0 Å². The molecule has 0 fully saturated rings. The molecule has 188 valence electrons. The van der Waals surface area contributed by atoms with Gasteiger partial charge in [-0.05, 0) is 35.4 Å². The Morgan fingerprint density at radius 3 is 1.66 bits per heavy atom. The molecule has 0 radical (unpaired) electrons. The number of carbonyl (C=O) groups excluding carboxylic acids is 4. The van der Waals surface area contributed by atoms with E-state index in [0.717, 1.165) is 11.1 Å². The van der Waals surface area contributed by atoms with Crippen molar-refractivity contribution >= 4 is 23.8 Å². The number of ether oxygens (including phenoxy) is 4. The largest absolute Gasteiger partial charge is 0.493 e. The zero-order valence-corrected chi connectivity index (χ0v) is 20.4. The fourth-order valence-electron chi connectivity index (χ4n) is 3.38. The minimum Gasteiger partial charge on any atom is -0.493 e. The lowest BCUT2D eigenvalue weighted by Crippen LogP contribution is -2.42. The van der Waals surface area contributed by atoms with Gasteiger partial charge >= 0.3 is 11.9 Å². The highest BCUT2D eigenvalue weighted by Crippen LogP contribution is 2.33. The summed E-state index contributed by atoms with van der Waals surface area (Å²) in [5.41, 5.74) is 1.51. The third kappa shape index (κ3) is 8.33. The van der Waals surface area contributed by atoms with Gasteiger partial charge in [0.15, 0.2) is 11.5 Å². The van der Waals surface area contributed by atoms with Crippen LogP contribution in [0.1, 0.15) is 25.0 Å². The molecule has 0 aliphatic carbocycles. The second kappa shape index (κ2) is 13.0. The van der Waals surface area contributed by atoms with Gasteiger partial charge in [0.05, 0.1) is 21.3 Å². The number of esters is 2. The van der Waals surface area contributed by atoms with Gasteiger partial charge in [0.2, 0.25) is 11.8 Å². The van der Waals surface area contributed by atoms with Gasteiger partial charge in [-0.15, -0.1) is 0 Å². The van der Waals surface area contributed by atoms with Crippen molar-refractivity contribution in [1.82, 2.24) is 10.6 Å². The lowest BCUT2D eigenvalue weighted by Gasteiger charge is -2.17. The molecule has 2 N–H and O–H groups in total. The molecule has 0 aromatic heterocycles. The molecule has 0 unspecified atom stereocenters. The smallest absolute Gasteiger partial charge is 0.328 e. The van der Waals surface area contributed by atoms with Crippen molar-refractivity contribution in [3.63, 3.8) is 0 Å². The van der Waals surface area contributed by atoms with Gasteiger partial charge in [0.1, 0.15) is 17.8 Å². The first kappa shape index (κ1) is 27.2. The van der Waals surface area contributed by atoms with Crippen molar-refractivity contribution in [1.29, 1.82) is 0 Å².